The Hall–Kier alpha value is -2.53. The number of aryl methyl sites for hydroxylation is 1. The molecular formula is C21H25N5. The third-order valence-electron chi connectivity index (χ3n) is 4.95. The van der Waals surface area contributed by atoms with Crippen LogP contribution in [0.25, 0.3) is 11.4 Å². The zero-order chi connectivity index (χ0) is 17.9. The molecule has 134 valence electrons. The lowest BCUT2D eigenvalue weighted by Gasteiger charge is -2.25. The minimum atomic E-state index is 0.311. The van der Waals surface area contributed by atoms with E-state index in [2.05, 4.69) is 47.6 Å². The van der Waals surface area contributed by atoms with Gasteiger partial charge in [-0.3, -0.25) is 4.68 Å². The van der Waals surface area contributed by atoms with Crippen molar-refractivity contribution in [2.45, 2.75) is 51.7 Å². The van der Waals surface area contributed by atoms with Crippen LogP contribution < -0.4 is 5.32 Å². The summed E-state index contributed by atoms with van der Waals surface area (Å²) in [5.74, 6) is 0.822. The van der Waals surface area contributed by atoms with E-state index in [-0.39, 0.29) is 0 Å². The Morgan fingerprint density at radius 3 is 2.81 bits per heavy atom. The molecule has 1 aliphatic rings. The van der Waals surface area contributed by atoms with Gasteiger partial charge >= 0.3 is 0 Å². The molecule has 2 heterocycles. The van der Waals surface area contributed by atoms with E-state index >= 15 is 0 Å². The first kappa shape index (κ1) is 16.9. The van der Waals surface area contributed by atoms with Crippen molar-refractivity contribution in [1.29, 1.82) is 0 Å². The number of hydrogen-bond acceptors (Lipinski definition) is 4. The van der Waals surface area contributed by atoms with Gasteiger partial charge in [0.05, 0.1) is 6.20 Å². The van der Waals surface area contributed by atoms with Crippen molar-refractivity contribution in [2.24, 2.45) is 0 Å². The van der Waals surface area contributed by atoms with Crippen LogP contribution in [0.5, 0.6) is 0 Å². The molecule has 0 bridgehead atoms. The number of aromatic nitrogens is 4. The van der Waals surface area contributed by atoms with E-state index in [4.69, 9.17) is 4.98 Å². The predicted octanol–water partition coefficient (Wildman–Crippen LogP) is 4.09. The van der Waals surface area contributed by atoms with Crippen LogP contribution in [0, 0.1) is 0 Å². The van der Waals surface area contributed by atoms with Crippen molar-refractivity contribution in [2.75, 3.05) is 0 Å². The first-order chi connectivity index (χ1) is 12.7. The molecular weight excluding hydrogens is 322 g/mol. The fraction of sp³-hybridized carbons (Fsp3) is 0.381. The van der Waals surface area contributed by atoms with Gasteiger partial charge in [0.15, 0.2) is 5.82 Å². The molecule has 0 saturated heterocycles. The Balaban J connectivity index is 1.50. The quantitative estimate of drug-likeness (QED) is 0.755. The molecule has 1 aliphatic carbocycles. The molecule has 2 aromatic heterocycles. The van der Waals surface area contributed by atoms with Crippen LogP contribution in [-0.2, 0) is 13.0 Å². The number of nitrogens with one attached hydrogen (secondary N) is 1. The highest BCUT2D eigenvalue weighted by Crippen LogP contribution is 2.29. The monoisotopic (exact) mass is 347 g/mol. The van der Waals surface area contributed by atoms with Gasteiger partial charge in [0.1, 0.15) is 0 Å². The standard InChI is InChI=1S/C21H25N5/c1-15(2)26-14-16(12-24-26)11-22-19-9-6-10-20-18(19)13-23-21(25-20)17-7-4-3-5-8-17/h3-5,7-8,12-15,19,22H,6,9-11H2,1-2H3/t19-/m1/s1. The minimum absolute atomic E-state index is 0.311. The number of hydrogen-bond donors (Lipinski definition) is 1. The second-order valence-corrected chi connectivity index (χ2v) is 7.21. The van der Waals surface area contributed by atoms with E-state index in [1.807, 2.05) is 35.3 Å². The van der Waals surface area contributed by atoms with Crippen molar-refractivity contribution in [3.8, 4) is 11.4 Å². The van der Waals surface area contributed by atoms with Gasteiger partial charge < -0.3 is 5.32 Å². The van der Waals surface area contributed by atoms with Gasteiger partial charge in [-0.05, 0) is 33.1 Å². The summed E-state index contributed by atoms with van der Waals surface area (Å²) in [6, 6.07) is 10.9. The van der Waals surface area contributed by atoms with Crippen molar-refractivity contribution >= 4 is 0 Å². The summed E-state index contributed by atoms with van der Waals surface area (Å²) in [6.45, 7) is 5.10. The average molecular weight is 347 g/mol. The molecule has 0 amide bonds. The Morgan fingerprint density at radius 1 is 1.19 bits per heavy atom. The van der Waals surface area contributed by atoms with E-state index < -0.39 is 0 Å². The highest BCUT2D eigenvalue weighted by Gasteiger charge is 2.22. The van der Waals surface area contributed by atoms with E-state index in [0.717, 1.165) is 37.2 Å². The third-order valence-corrected chi connectivity index (χ3v) is 4.95. The zero-order valence-electron chi connectivity index (χ0n) is 15.4. The topological polar surface area (TPSA) is 55.6 Å². The molecule has 0 unspecified atom stereocenters. The maximum absolute atomic E-state index is 4.85. The third kappa shape index (κ3) is 3.53. The van der Waals surface area contributed by atoms with E-state index in [0.29, 0.717) is 12.1 Å². The summed E-state index contributed by atoms with van der Waals surface area (Å²) >= 11 is 0. The van der Waals surface area contributed by atoms with Crippen LogP contribution in [0.2, 0.25) is 0 Å². The summed E-state index contributed by atoms with van der Waals surface area (Å²) in [5.41, 5.74) is 4.71. The largest absolute Gasteiger partial charge is 0.306 e. The fourth-order valence-electron chi connectivity index (χ4n) is 3.48. The second-order valence-electron chi connectivity index (χ2n) is 7.21. The predicted molar refractivity (Wildman–Crippen MR) is 103 cm³/mol. The molecule has 0 aliphatic heterocycles. The van der Waals surface area contributed by atoms with E-state index in [9.17, 15) is 0 Å². The molecule has 0 spiro atoms. The number of nitrogens with zero attached hydrogens (tertiary/aromatic N) is 4. The molecule has 0 fully saturated rings. The van der Waals surface area contributed by atoms with Gasteiger partial charge in [0.25, 0.3) is 0 Å². The summed E-state index contributed by atoms with van der Waals surface area (Å²) in [7, 11) is 0. The van der Waals surface area contributed by atoms with Crippen LogP contribution in [0.4, 0.5) is 0 Å². The molecule has 5 heteroatoms. The Bertz CT molecular complexity index is 869. The van der Waals surface area contributed by atoms with Crippen LogP contribution in [-0.4, -0.2) is 19.7 Å². The van der Waals surface area contributed by atoms with Gasteiger partial charge in [0.2, 0.25) is 0 Å². The first-order valence-corrected chi connectivity index (χ1v) is 9.38. The van der Waals surface area contributed by atoms with Crippen molar-refractivity contribution in [1.82, 2.24) is 25.1 Å². The van der Waals surface area contributed by atoms with Gasteiger partial charge in [-0.15, -0.1) is 0 Å². The van der Waals surface area contributed by atoms with Crippen molar-refractivity contribution in [3.63, 3.8) is 0 Å². The van der Waals surface area contributed by atoms with Crippen molar-refractivity contribution < 1.29 is 0 Å². The lowest BCUT2D eigenvalue weighted by molar-refractivity contribution is 0.452. The highest BCUT2D eigenvalue weighted by molar-refractivity contribution is 5.55. The maximum atomic E-state index is 4.85. The Morgan fingerprint density at radius 2 is 2.04 bits per heavy atom. The molecule has 0 radical (unpaired) electrons. The first-order valence-electron chi connectivity index (χ1n) is 9.38. The molecule has 26 heavy (non-hydrogen) atoms. The van der Waals surface area contributed by atoms with Gasteiger partial charge in [0, 0.05) is 53.4 Å². The van der Waals surface area contributed by atoms with Gasteiger partial charge in [-0.2, -0.15) is 5.10 Å². The highest BCUT2D eigenvalue weighted by atomic mass is 15.3. The minimum Gasteiger partial charge on any atom is -0.306 e. The molecule has 1 aromatic carbocycles. The summed E-state index contributed by atoms with van der Waals surface area (Å²) in [4.78, 5) is 9.48. The van der Waals surface area contributed by atoms with Crippen LogP contribution in [0.15, 0.2) is 48.9 Å². The SMILES string of the molecule is CC(C)n1cc(CN[C@@H]2CCCc3nc(-c4ccccc4)ncc32)cn1. The normalized spacial score (nSPS) is 16.7. The second kappa shape index (κ2) is 7.38. The van der Waals surface area contributed by atoms with E-state index in [1.54, 1.807) is 0 Å². The Labute approximate surface area is 154 Å². The fourth-order valence-corrected chi connectivity index (χ4v) is 3.48. The molecule has 1 atom stereocenters. The number of benzene rings is 1. The van der Waals surface area contributed by atoms with Crippen LogP contribution in [0.1, 0.15) is 55.6 Å². The molecule has 1 N–H and O–H groups in total. The molecule has 4 rings (SSSR count). The van der Waals surface area contributed by atoms with Crippen molar-refractivity contribution in [3.05, 3.63) is 65.7 Å². The molecule has 3 aromatic rings. The lowest BCUT2D eigenvalue weighted by Crippen LogP contribution is -2.25. The molecule has 0 saturated carbocycles. The van der Waals surface area contributed by atoms with Gasteiger partial charge in [-0.1, -0.05) is 30.3 Å². The van der Waals surface area contributed by atoms with Crippen LogP contribution in [0.3, 0.4) is 0 Å². The van der Waals surface area contributed by atoms with Gasteiger partial charge in [-0.25, -0.2) is 9.97 Å². The smallest absolute Gasteiger partial charge is 0.159 e. The lowest BCUT2D eigenvalue weighted by atomic mass is 9.92. The summed E-state index contributed by atoms with van der Waals surface area (Å²) in [5, 5.41) is 8.09. The van der Waals surface area contributed by atoms with E-state index in [1.165, 1.54) is 16.8 Å². The zero-order valence-corrected chi connectivity index (χ0v) is 15.4. The average Bonchev–Trinajstić information content (AvgIpc) is 3.16. The summed E-state index contributed by atoms with van der Waals surface area (Å²) < 4.78 is 2.00. The number of rotatable bonds is 5. The molecule has 5 nitrogen and oxygen atoms in total. The van der Waals surface area contributed by atoms with Crippen LogP contribution >= 0.6 is 0 Å². The Kier molecular flexibility index (Phi) is 4.80. The maximum Gasteiger partial charge on any atom is 0.159 e. The summed E-state index contributed by atoms with van der Waals surface area (Å²) in [6.07, 6.45) is 9.39. The number of fused-ring (bicyclic) bond motifs is 1.